The number of rotatable bonds is 15. The lowest BCUT2D eigenvalue weighted by molar-refractivity contribution is -0.434. The number of hydrogen-bond donors (Lipinski definition) is 5. The standard InChI is InChI=1S/C19H19N3O13S4/c23-17-10-12(36-34-32-24)9-14-13(17)5-6-16(20-11-39(28,29)30)19(14)22-21-15-3-1-2-4-18(15)38(26,27)8-7-31-37-35-33-25/h1-6,9-10,20,23-25H,7-8,11H2,(H,28,29,30)/b22-21+. The van der Waals surface area contributed by atoms with Crippen molar-refractivity contribution in [2.45, 2.75) is 9.79 Å². The molecule has 0 unspecified atom stereocenters. The third-order valence-corrected chi connectivity index (χ3v) is 7.83. The van der Waals surface area contributed by atoms with Crippen molar-refractivity contribution in [3.8, 4) is 5.75 Å². The third kappa shape index (κ3) is 8.96. The van der Waals surface area contributed by atoms with Crippen LogP contribution >= 0.6 is 24.4 Å². The maximum atomic E-state index is 12.9. The van der Waals surface area contributed by atoms with Crippen LogP contribution in [-0.2, 0) is 42.9 Å². The van der Waals surface area contributed by atoms with Gasteiger partial charge in [0, 0.05) is 15.7 Å². The van der Waals surface area contributed by atoms with E-state index in [-0.39, 0.29) is 62.3 Å². The van der Waals surface area contributed by atoms with Gasteiger partial charge >= 0.3 is 0 Å². The fourth-order valence-electron chi connectivity index (χ4n) is 3.12. The zero-order valence-electron chi connectivity index (χ0n) is 19.2. The second kappa shape index (κ2) is 14.2. The molecule has 16 nitrogen and oxygen atoms in total. The summed E-state index contributed by atoms with van der Waals surface area (Å²) in [5.74, 6) is -1.64. The van der Waals surface area contributed by atoms with Gasteiger partial charge in [-0.3, -0.25) is 8.74 Å². The molecule has 0 amide bonds. The SMILES string of the molecule is O=S(=O)(O)CNc1ccc2c(O)cc(SOOO)cc2c1/N=N/c1ccccc1S(=O)(=O)CCOSOOO. The Morgan fingerprint density at radius 3 is 2.38 bits per heavy atom. The van der Waals surface area contributed by atoms with E-state index in [2.05, 4.69) is 34.3 Å². The summed E-state index contributed by atoms with van der Waals surface area (Å²) in [6.07, 6.45) is 0. The van der Waals surface area contributed by atoms with Crippen molar-refractivity contribution in [1.82, 2.24) is 0 Å². The van der Waals surface area contributed by atoms with E-state index in [4.69, 9.17) is 14.7 Å². The zero-order valence-corrected chi connectivity index (χ0v) is 22.5. The van der Waals surface area contributed by atoms with E-state index < -0.39 is 31.6 Å². The van der Waals surface area contributed by atoms with Gasteiger partial charge in [-0.15, -0.1) is 18.9 Å². The average molecular weight is 626 g/mol. The monoisotopic (exact) mass is 625 g/mol. The van der Waals surface area contributed by atoms with E-state index >= 15 is 0 Å². The van der Waals surface area contributed by atoms with Crippen LogP contribution in [0.2, 0.25) is 0 Å². The maximum absolute atomic E-state index is 12.9. The van der Waals surface area contributed by atoms with Gasteiger partial charge in [0.15, 0.2) is 22.2 Å². The normalized spacial score (nSPS) is 12.4. The van der Waals surface area contributed by atoms with Gasteiger partial charge in [-0.1, -0.05) is 22.2 Å². The van der Waals surface area contributed by atoms with Crippen LogP contribution in [0.25, 0.3) is 10.8 Å². The molecule has 0 aliphatic rings. The van der Waals surface area contributed by atoms with Gasteiger partial charge in [-0.25, -0.2) is 18.9 Å². The molecule has 0 bridgehead atoms. The predicted octanol–water partition coefficient (Wildman–Crippen LogP) is 4.42. The van der Waals surface area contributed by atoms with Crippen molar-refractivity contribution in [2.24, 2.45) is 10.2 Å². The van der Waals surface area contributed by atoms with Crippen molar-refractivity contribution in [3.63, 3.8) is 0 Å². The molecule has 0 atom stereocenters. The molecule has 0 radical (unpaired) electrons. The number of nitrogens with one attached hydrogen (secondary N) is 1. The molecule has 0 fully saturated rings. The Bertz CT molecular complexity index is 1540. The van der Waals surface area contributed by atoms with Gasteiger partial charge in [0.1, 0.15) is 23.0 Å². The molecule has 0 saturated heterocycles. The number of phenols is 1. The van der Waals surface area contributed by atoms with Gasteiger partial charge in [0.2, 0.25) is 0 Å². The van der Waals surface area contributed by atoms with Crippen molar-refractivity contribution < 1.29 is 59.9 Å². The third-order valence-electron chi connectivity index (χ3n) is 4.66. The molecule has 5 N–H and O–H groups in total. The Morgan fingerprint density at radius 2 is 1.67 bits per heavy atom. The number of anilines is 1. The van der Waals surface area contributed by atoms with E-state index in [1.807, 2.05) is 0 Å². The lowest BCUT2D eigenvalue weighted by atomic mass is 10.1. The van der Waals surface area contributed by atoms with Crippen LogP contribution in [0.4, 0.5) is 17.1 Å². The lowest BCUT2D eigenvalue weighted by Gasteiger charge is -2.12. The summed E-state index contributed by atoms with van der Waals surface area (Å²) in [4.78, 5) is 0.0239. The first kappa shape index (κ1) is 30.9. The van der Waals surface area contributed by atoms with Gasteiger partial charge in [0.05, 0.1) is 35.0 Å². The summed E-state index contributed by atoms with van der Waals surface area (Å²) >= 11 is 0.748. The van der Waals surface area contributed by atoms with E-state index in [1.54, 1.807) is 0 Å². The van der Waals surface area contributed by atoms with Crippen molar-refractivity contribution in [2.75, 3.05) is 23.6 Å². The van der Waals surface area contributed by atoms with Crippen LogP contribution in [-0.4, -0.2) is 55.2 Å². The van der Waals surface area contributed by atoms with E-state index in [0.717, 1.165) is 0 Å². The van der Waals surface area contributed by atoms with Crippen LogP contribution in [0.15, 0.2) is 68.6 Å². The highest BCUT2D eigenvalue weighted by Crippen LogP contribution is 2.41. The molecule has 0 heterocycles. The van der Waals surface area contributed by atoms with Crippen LogP contribution < -0.4 is 5.32 Å². The smallest absolute Gasteiger partial charge is 0.283 e. The summed E-state index contributed by atoms with van der Waals surface area (Å²) in [6.45, 7) is -0.339. The van der Waals surface area contributed by atoms with Gasteiger partial charge in [0.25, 0.3) is 10.1 Å². The molecule has 20 heteroatoms. The molecule has 0 aromatic heterocycles. The molecule has 3 rings (SSSR count). The second-order valence-electron chi connectivity index (χ2n) is 7.15. The maximum Gasteiger partial charge on any atom is 0.283 e. The first-order chi connectivity index (χ1) is 18.6. The highest BCUT2D eigenvalue weighted by atomic mass is 32.2. The number of fused-ring (bicyclic) bond motifs is 1. The number of azo groups is 1. The molecule has 3 aromatic rings. The molecule has 0 spiro atoms. The van der Waals surface area contributed by atoms with Crippen molar-refractivity contribution in [3.05, 3.63) is 48.5 Å². The quantitative estimate of drug-likeness (QED) is 0.0392. The first-order valence-corrected chi connectivity index (χ1v) is 14.9. The Balaban J connectivity index is 2.06. The number of hydrogen-bond acceptors (Lipinski definition) is 17. The Hall–Kier alpha value is -2.60. The molecular weight excluding hydrogens is 606 g/mol. The van der Waals surface area contributed by atoms with E-state index in [9.17, 15) is 26.5 Å². The highest BCUT2D eigenvalue weighted by Gasteiger charge is 2.20. The predicted molar refractivity (Wildman–Crippen MR) is 137 cm³/mol. The Kier molecular flexibility index (Phi) is 11.2. The van der Waals surface area contributed by atoms with Gasteiger partial charge in [-0.2, -0.15) is 8.42 Å². The van der Waals surface area contributed by atoms with Crippen molar-refractivity contribution in [1.29, 1.82) is 0 Å². The lowest BCUT2D eigenvalue weighted by Crippen LogP contribution is -2.13. The minimum absolute atomic E-state index is 0.0353. The number of phenolic OH excluding ortho intramolecular Hbond substituents is 1. The molecule has 212 valence electrons. The fraction of sp³-hybridized carbons (Fsp3) is 0.158. The van der Waals surface area contributed by atoms with E-state index in [1.165, 1.54) is 48.5 Å². The molecule has 0 aliphatic heterocycles. The van der Waals surface area contributed by atoms with Gasteiger partial charge < -0.3 is 10.4 Å². The molecule has 39 heavy (non-hydrogen) atoms. The minimum atomic E-state index is -4.45. The summed E-state index contributed by atoms with van der Waals surface area (Å²) in [7, 11) is -8.42. The number of sulfone groups is 1. The summed E-state index contributed by atoms with van der Waals surface area (Å²) < 4.78 is 70.8. The number of benzene rings is 3. The molecule has 0 aliphatic carbocycles. The summed E-state index contributed by atoms with van der Waals surface area (Å²) in [5, 5.41) is 45.0. The van der Waals surface area contributed by atoms with Crippen LogP contribution in [0.3, 0.4) is 0 Å². The largest absolute Gasteiger partial charge is 0.507 e. The second-order valence-corrected chi connectivity index (χ2v) is 12.0. The number of aromatic hydroxyl groups is 1. The van der Waals surface area contributed by atoms with E-state index in [0.29, 0.717) is 12.0 Å². The van der Waals surface area contributed by atoms with Gasteiger partial charge in [-0.05, 0) is 36.4 Å². The minimum Gasteiger partial charge on any atom is -0.507 e. The van der Waals surface area contributed by atoms with Crippen molar-refractivity contribution >= 4 is 72.2 Å². The van der Waals surface area contributed by atoms with Crippen LogP contribution in [0, 0.1) is 0 Å². The fourth-order valence-corrected chi connectivity index (χ4v) is 5.45. The molecule has 0 saturated carbocycles. The number of nitrogens with zero attached hydrogens (tertiary/aromatic N) is 2. The van der Waals surface area contributed by atoms with Crippen LogP contribution in [0.5, 0.6) is 5.75 Å². The average Bonchev–Trinajstić information content (AvgIpc) is 2.89. The summed E-state index contributed by atoms with van der Waals surface area (Å²) in [6, 6.07) is 11.2. The highest BCUT2D eigenvalue weighted by molar-refractivity contribution is 7.94. The Labute approximate surface area is 229 Å². The first-order valence-electron chi connectivity index (χ1n) is 10.2. The topological polar surface area (TPSA) is 232 Å². The zero-order chi connectivity index (χ0) is 28.5. The molecule has 3 aromatic carbocycles. The summed E-state index contributed by atoms with van der Waals surface area (Å²) in [5.41, 5.74) is -0.0573. The van der Waals surface area contributed by atoms with Crippen LogP contribution in [0.1, 0.15) is 0 Å². The Morgan fingerprint density at radius 1 is 0.923 bits per heavy atom. The molecular formula is C19H19N3O13S4.